The Morgan fingerprint density at radius 2 is 1.16 bits per heavy atom. The standard InChI is InChI=1S/C32H28N3O2/c1-31(2)32(3,4)35(37)30(34(31)36)22-17-15-21(16-18-22)28-24-11-5-7-13-26(24)29(23-10-9-19-33-20-23)27-14-8-6-12-25(27)28/h5-20H,1-4H3. The monoisotopic (exact) mass is 486 g/mol. The van der Waals surface area contributed by atoms with E-state index >= 15 is 0 Å². The zero-order valence-electron chi connectivity index (χ0n) is 21.4. The SMILES string of the molecule is CC1(C)N([O])C(c2ccc(-c3c4ccccc4c(-c4cccnc4)c4ccccc34)cc2)=[N+]([O-])C1(C)C. The number of aromatic nitrogens is 1. The van der Waals surface area contributed by atoms with Crippen molar-refractivity contribution in [3.63, 3.8) is 0 Å². The van der Waals surface area contributed by atoms with E-state index in [-0.39, 0.29) is 5.84 Å². The lowest BCUT2D eigenvalue weighted by Crippen LogP contribution is -2.53. The van der Waals surface area contributed by atoms with Crippen molar-refractivity contribution in [3.8, 4) is 22.3 Å². The van der Waals surface area contributed by atoms with E-state index in [4.69, 9.17) is 0 Å². The normalized spacial score (nSPS) is 16.6. The van der Waals surface area contributed by atoms with Gasteiger partial charge in [0.25, 0.3) is 0 Å². The maximum atomic E-state index is 13.2. The molecule has 0 N–H and O–H groups in total. The molecule has 0 aliphatic carbocycles. The lowest BCUT2D eigenvalue weighted by atomic mass is 9.84. The molecule has 1 aliphatic rings. The Morgan fingerprint density at radius 1 is 0.676 bits per heavy atom. The van der Waals surface area contributed by atoms with Crippen molar-refractivity contribution in [2.45, 2.75) is 38.8 Å². The Balaban J connectivity index is 1.58. The second-order valence-corrected chi connectivity index (χ2v) is 10.7. The van der Waals surface area contributed by atoms with Gasteiger partial charge >= 0.3 is 5.84 Å². The third-order valence-corrected chi connectivity index (χ3v) is 8.21. The minimum atomic E-state index is -0.850. The predicted molar refractivity (Wildman–Crippen MR) is 149 cm³/mol. The molecule has 0 bridgehead atoms. The van der Waals surface area contributed by atoms with E-state index in [0.29, 0.717) is 5.56 Å². The molecular formula is C32H28N3O2. The largest absolute Gasteiger partial charge is 0.714 e. The molecule has 37 heavy (non-hydrogen) atoms. The minimum Gasteiger partial charge on any atom is -0.714 e. The highest BCUT2D eigenvalue weighted by atomic mass is 16.5. The molecule has 0 atom stereocenters. The van der Waals surface area contributed by atoms with Crippen molar-refractivity contribution < 1.29 is 9.95 Å². The molecule has 6 rings (SSSR count). The summed E-state index contributed by atoms with van der Waals surface area (Å²) in [5.74, 6) is 0.156. The highest BCUT2D eigenvalue weighted by Crippen LogP contribution is 2.43. The zero-order valence-corrected chi connectivity index (χ0v) is 21.4. The second-order valence-electron chi connectivity index (χ2n) is 10.7. The van der Waals surface area contributed by atoms with Crippen molar-refractivity contribution in [1.82, 2.24) is 10.0 Å². The highest BCUT2D eigenvalue weighted by Gasteiger charge is 2.59. The molecule has 5 aromatic rings. The maximum absolute atomic E-state index is 13.2. The molecule has 183 valence electrons. The number of benzene rings is 4. The summed E-state index contributed by atoms with van der Waals surface area (Å²) in [6, 6.07) is 28.7. The van der Waals surface area contributed by atoms with E-state index in [2.05, 4.69) is 59.6 Å². The quantitative estimate of drug-likeness (QED) is 0.154. The van der Waals surface area contributed by atoms with Crippen molar-refractivity contribution in [3.05, 3.63) is 108 Å². The average molecular weight is 487 g/mol. The summed E-state index contributed by atoms with van der Waals surface area (Å²) < 4.78 is 0.864. The van der Waals surface area contributed by atoms with Gasteiger partial charge in [-0.1, -0.05) is 71.8 Å². The maximum Gasteiger partial charge on any atom is 0.316 e. The number of hydrogen-bond donors (Lipinski definition) is 0. The Hall–Kier alpha value is -4.22. The van der Waals surface area contributed by atoms with Crippen LogP contribution in [0.2, 0.25) is 0 Å². The second kappa shape index (κ2) is 8.15. The van der Waals surface area contributed by atoms with Gasteiger partial charge in [0.2, 0.25) is 0 Å². The Bertz CT molecular complexity index is 1630. The van der Waals surface area contributed by atoms with Crippen LogP contribution in [-0.2, 0) is 5.21 Å². The van der Waals surface area contributed by atoms with Crippen LogP contribution < -0.4 is 0 Å². The molecule has 1 radical (unpaired) electrons. The Labute approximate surface area is 216 Å². The molecule has 0 fully saturated rings. The topological polar surface area (TPSA) is 62.1 Å². The summed E-state index contributed by atoms with van der Waals surface area (Å²) in [4.78, 5) is 4.37. The van der Waals surface area contributed by atoms with Crippen molar-refractivity contribution in [1.29, 1.82) is 0 Å². The van der Waals surface area contributed by atoms with Crippen molar-refractivity contribution >= 4 is 27.4 Å². The lowest BCUT2D eigenvalue weighted by molar-refractivity contribution is -0.539. The predicted octanol–water partition coefficient (Wildman–Crippen LogP) is 7.20. The average Bonchev–Trinajstić information content (AvgIpc) is 3.03. The molecule has 0 saturated heterocycles. The van der Waals surface area contributed by atoms with Gasteiger partial charge in [-0.2, -0.15) is 0 Å². The molecule has 4 aromatic carbocycles. The van der Waals surface area contributed by atoms with Gasteiger partial charge in [0.15, 0.2) is 5.54 Å². The van der Waals surface area contributed by atoms with Gasteiger partial charge < -0.3 is 5.21 Å². The molecule has 5 nitrogen and oxygen atoms in total. The van der Waals surface area contributed by atoms with E-state index in [0.717, 1.165) is 53.6 Å². The number of rotatable bonds is 3. The summed E-state index contributed by atoms with van der Waals surface area (Å²) in [7, 11) is 0. The van der Waals surface area contributed by atoms with E-state index in [1.165, 1.54) is 0 Å². The van der Waals surface area contributed by atoms with Gasteiger partial charge in [0.05, 0.1) is 5.56 Å². The van der Waals surface area contributed by atoms with Gasteiger partial charge in [-0.15, -0.1) is 0 Å². The molecule has 0 saturated carbocycles. The lowest BCUT2D eigenvalue weighted by Gasteiger charge is -2.32. The first-order chi connectivity index (χ1) is 17.7. The fraction of sp³-hybridized carbons (Fsp3) is 0.188. The van der Waals surface area contributed by atoms with E-state index < -0.39 is 11.1 Å². The number of pyridine rings is 1. The molecular weight excluding hydrogens is 458 g/mol. The smallest absolute Gasteiger partial charge is 0.316 e. The van der Waals surface area contributed by atoms with E-state index in [9.17, 15) is 10.4 Å². The third kappa shape index (κ3) is 3.27. The number of hydrogen-bond acceptors (Lipinski definition) is 3. The molecule has 0 unspecified atom stereocenters. The number of fused-ring (bicyclic) bond motifs is 2. The molecule has 5 heteroatoms. The summed E-state index contributed by atoms with van der Waals surface area (Å²) >= 11 is 0. The number of hydroxylamine groups is 3. The minimum absolute atomic E-state index is 0.156. The Morgan fingerprint density at radius 3 is 1.59 bits per heavy atom. The van der Waals surface area contributed by atoms with E-state index in [1.807, 2.05) is 64.2 Å². The number of amidine groups is 1. The molecule has 0 spiro atoms. The van der Waals surface area contributed by atoms with Crippen LogP contribution in [-0.4, -0.2) is 31.7 Å². The van der Waals surface area contributed by atoms with Gasteiger partial charge in [-0.3, -0.25) is 9.72 Å². The van der Waals surface area contributed by atoms with Crippen LogP contribution in [0, 0.1) is 5.21 Å². The van der Waals surface area contributed by atoms with Crippen LogP contribution in [0.5, 0.6) is 0 Å². The van der Waals surface area contributed by atoms with Crippen molar-refractivity contribution in [2.24, 2.45) is 0 Å². The first-order valence-electron chi connectivity index (χ1n) is 12.5. The fourth-order valence-corrected chi connectivity index (χ4v) is 5.39. The van der Waals surface area contributed by atoms with Crippen molar-refractivity contribution in [2.75, 3.05) is 0 Å². The summed E-state index contributed by atoms with van der Waals surface area (Å²) in [6.07, 6.45) is 3.70. The number of nitrogens with zero attached hydrogens (tertiary/aromatic N) is 3. The first-order valence-corrected chi connectivity index (χ1v) is 12.5. The molecule has 0 amide bonds. The van der Waals surface area contributed by atoms with Crippen LogP contribution >= 0.6 is 0 Å². The van der Waals surface area contributed by atoms with Crippen LogP contribution in [0.3, 0.4) is 0 Å². The first kappa shape index (κ1) is 23.2. The fourth-order valence-electron chi connectivity index (χ4n) is 5.39. The molecule has 1 aliphatic heterocycles. The van der Waals surface area contributed by atoms with Crippen LogP contribution in [0.4, 0.5) is 0 Å². The Kier molecular flexibility index (Phi) is 5.11. The van der Waals surface area contributed by atoms with Crippen LogP contribution in [0.15, 0.2) is 97.3 Å². The summed E-state index contributed by atoms with van der Waals surface area (Å²) in [5.41, 5.74) is 3.31. The summed E-state index contributed by atoms with van der Waals surface area (Å²) in [5, 5.41) is 31.8. The van der Waals surface area contributed by atoms with Crippen LogP contribution in [0.25, 0.3) is 43.8 Å². The van der Waals surface area contributed by atoms with Gasteiger partial charge in [-0.05, 0) is 84.1 Å². The van der Waals surface area contributed by atoms with E-state index in [1.54, 1.807) is 6.20 Å². The summed E-state index contributed by atoms with van der Waals surface area (Å²) in [6.45, 7) is 7.26. The van der Waals surface area contributed by atoms with Gasteiger partial charge in [0.1, 0.15) is 5.54 Å². The zero-order chi connectivity index (χ0) is 25.9. The highest BCUT2D eigenvalue weighted by molar-refractivity contribution is 6.21. The molecule has 1 aromatic heterocycles. The van der Waals surface area contributed by atoms with Gasteiger partial charge in [-0.25, -0.2) is 0 Å². The third-order valence-electron chi connectivity index (χ3n) is 8.21. The molecule has 2 heterocycles. The van der Waals surface area contributed by atoms with Crippen LogP contribution in [0.1, 0.15) is 33.3 Å². The van der Waals surface area contributed by atoms with Gasteiger partial charge in [0, 0.05) is 23.2 Å².